The van der Waals surface area contributed by atoms with Gasteiger partial charge in [-0.3, -0.25) is 0 Å². The van der Waals surface area contributed by atoms with Crippen LogP contribution in [0.15, 0.2) is 42.5 Å². The highest BCUT2D eigenvalue weighted by atomic mass is 16.7. The van der Waals surface area contributed by atoms with E-state index < -0.39 is 49.5 Å². The first kappa shape index (κ1) is 28.1. The normalized spacial score (nSPS) is 25.9. The van der Waals surface area contributed by atoms with Crippen LogP contribution >= 0.6 is 0 Å². The maximum Gasteiger partial charge on any atom is 0.186 e. The second-order valence-electron chi connectivity index (χ2n) is 9.09. The molecule has 0 saturated carbocycles. The average Bonchev–Trinajstić information content (AvgIpc) is 2.87. The highest BCUT2D eigenvalue weighted by molar-refractivity contribution is 5.41. The molecule has 3 rings (SSSR count). The average molecular weight is 509 g/mol. The highest BCUT2D eigenvalue weighted by Crippen LogP contribution is 2.29. The van der Waals surface area contributed by atoms with Crippen LogP contribution < -0.4 is 4.74 Å². The zero-order valence-electron chi connectivity index (χ0n) is 20.2. The van der Waals surface area contributed by atoms with E-state index >= 15 is 0 Å². The third kappa shape index (κ3) is 7.53. The summed E-state index contributed by atoms with van der Waals surface area (Å²) in [6.07, 6.45) is -6.32. The van der Waals surface area contributed by atoms with Gasteiger partial charge in [-0.05, 0) is 67.5 Å². The van der Waals surface area contributed by atoms with Gasteiger partial charge in [0.2, 0.25) is 0 Å². The van der Waals surface area contributed by atoms with Gasteiger partial charge in [0.05, 0.1) is 25.9 Å². The lowest BCUT2D eigenvalue weighted by Crippen LogP contribution is -2.59. The number of ether oxygens (including phenoxy) is 3. The summed E-state index contributed by atoms with van der Waals surface area (Å²) in [4.78, 5) is 0. The fourth-order valence-electron chi connectivity index (χ4n) is 4.23. The van der Waals surface area contributed by atoms with E-state index in [1.165, 1.54) is 13.2 Å². The zero-order chi connectivity index (χ0) is 26.2. The number of rotatable bonds is 12. The number of aryl methyl sites for hydroxylation is 2. The number of aliphatic hydroxyl groups excluding tert-OH is 5. The Morgan fingerprint density at radius 2 is 1.56 bits per heavy atom. The molecule has 36 heavy (non-hydrogen) atoms. The van der Waals surface area contributed by atoms with E-state index in [0.717, 1.165) is 11.1 Å². The van der Waals surface area contributed by atoms with Gasteiger partial charge >= 0.3 is 0 Å². The molecule has 0 bridgehead atoms. The van der Waals surface area contributed by atoms with Gasteiger partial charge in [-0.15, -0.1) is 0 Å². The topological polar surface area (TPSA) is 169 Å². The molecule has 1 heterocycles. The standard InChI is InChI=1S/C26H36O10/c1-34-21-12-16(6-11-20(21)30)5-10-19(13-18(29)9-4-15-2-7-17(28)8-3-15)35-26-25(33)24(32)23(31)22(14-27)36-26/h2-3,6-8,11-12,18-19,22-33H,4-5,9-10,13-14H2,1H3/t18-,19-,22-,23-,24+,25-,26-/m1/s1. The van der Waals surface area contributed by atoms with E-state index in [1.807, 2.05) is 0 Å². The SMILES string of the molecule is COc1cc(CC[C@H](C[C@H](O)CCc2ccc(O)cc2)O[C@@H]2O[C@H](CO)[C@@H](O)[C@H](O)[C@H]2O)ccc1O. The van der Waals surface area contributed by atoms with Gasteiger partial charge in [0, 0.05) is 0 Å². The van der Waals surface area contributed by atoms with Crippen molar-refractivity contribution in [2.24, 2.45) is 0 Å². The minimum Gasteiger partial charge on any atom is -0.508 e. The van der Waals surface area contributed by atoms with Gasteiger partial charge in [-0.1, -0.05) is 18.2 Å². The largest absolute Gasteiger partial charge is 0.508 e. The lowest BCUT2D eigenvalue weighted by molar-refractivity contribution is -0.313. The van der Waals surface area contributed by atoms with Gasteiger partial charge in [0.1, 0.15) is 30.2 Å². The Balaban J connectivity index is 1.67. The number of methoxy groups -OCH3 is 1. The quantitative estimate of drug-likeness (QED) is 0.216. The summed E-state index contributed by atoms with van der Waals surface area (Å²) < 4.78 is 16.6. The van der Waals surface area contributed by atoms with Crippen LogP contribution in [0.2, 0.25) is 0 Å². The van der Waals surface area contributed by atoms with Crippen molar-refractivity contribution in [3.8, 4) is 17.2 Å². The Bertz CT molecular complexity index is 935. The van der Waals surface area contributed by atoms with E-state index in [-0.39, 0.29) is 17.9 Å². The molecule has 0 aromatic heterocycles. The van der Waals surface area contributed by atoms with Gasteiger partial charge in [0.25, 0.3) is 0 Å². The molecular formula is C26H36O10. The first-order valence-corrected chi connectivity index (χ1v) is 12.0. The predicted octanol–water partition coefficient (Wildman–Crippen LogP) is 0.608. The molecule has 200 valence electrons. The van der Waals surface area contributed by atoms with Crippen molar-refractivity contribution in [2.45, 2.75) is 75.0 Å². The Kier molecular flexibility index (Phi) is 10.3. The number of aromatic hydroxyl groups is 2. The molecule has 1 saturated heterocycles. The first-order valence-electron chi connectivity index (χ1n) is 12.0. The maximum atomic E-state index is 10.7. The lowest BCUT2D eigenvalue weighted by atomic mass is 9.97. The number of hydrogen-bond acceptors (Lipinski definition) is 10. The van der Waals surface area contributed by atoms with Crippen LogP contribution in [0.5, 0.6) is 17.2 Å². The van der Waals surface area contributed by atoms with Crippen LogP contribution in [-0.4, -0.2) is 92.4 Å². The van der Waals surface area contributed by atoms with Crippen LogP contribution in [0, 0.1) is 0 Å². The molecule has 7 atom stereocenters. The summed E-state index contributed by atoms with van der Waals surface area (Å²) in [6, 6.07) is 11.7. The van der Waals surface area contributed by atoms with Gasteiger partial charge in [0.15, 0.2) is 17.8 Å². The number of phenolic OH excluding ortho intramolecular Hbond substituents is 2. The maximum absolute atomic E-state index is 10.7. The minimum absolute atomic E-state index is 0.0139. The Morgan fingerprint density at radius 3 is 2.22 bits per heavy atom. The number of hydrogen-bond donors (Lipinski definition) is 7. The molecule has 1 aliphatic heterocycles. The third-order valence-electron chi connectivity index (χ3n) is 6.41. The molecule has 2 aromatic rings. The highest BCUT2D eigenvalue weighted by Gasteiger charge is 2.44. The molecular weight excluding hydrogens is 472 g/mol. The Morgan fingerprint density at radius 1 is 0.889 bits per heavy atom. The fourth-order valence-corrected chi connectivity index (χ4v) is 4.23. The van der Waals surface area contributed by atoms with Crippen molar-refractivity contribution in [1.29, 1.82) is 0 Å². The van der Waals surface area contributed by atoms with E-state index in [9.17, 15) is 35.7 Å². The van der Waals surface area contributed by atoms with Crippen LogP contribution in [0.1, 0.15) is 30.4 Å². The van der Waals surface area contributed by atoms with Crippen LogP contribution in [0.25, 0.3) is 0 Å². The molecule has 0 amide bonds. The van der Waals surface area contributed by atoms with Gasteiger partial charge in [-0.2, -0.15) is 0 Å². The molecule has 0 radical (unpaired) electrons. The molecule has 0 aliphatic carbocycles. The van der Waals surface area contributed by atoms with Gasteiger partial charge < -0.3 is 50.0 Å². The Hall–Kier alpha value is -2.44. The zero-order valence-corrected chi connectivity index (χ0v) is 20.2. The second-order valence-corrected chi connectivity index (χ2v) is 9.09. The molecule has 7 N–H and O–H groups in total. The van der Waals surface area contributed by atoms with Crippen LogP contribution in [-0.2, 0) is 22.3 Å². The molecule has 0 unspecified atom stereocenters. The minimum atomic E-state index is -1.57. The number of phenols is 2. The third-order valence-corrected chi connectivity index (χ3v) is 6.41. The van der Waals surface area contributed by atoms with Crippen molar-refractivity contribution >= 4 is 0 Å². The van der Waals surface area contributed by atoms with Crippen molar-refractivity contribution in [1.82, 2.24) is 0 Å². The van der Waals surface area contributed by atoms with E-state index in [2.05, 4.69) is 0 Å². The van der Waals surface area contributed by atoms with Crippen molar-refractivity contribution < 1.29 is 50.0 Å². The molecule has 1 fully saturated rings. The molecule has 10 heteroatoms. The van der Waals surface area contributed by atoms with E-state index in [0.29, 0.717) is 31.4 Å². The Labute approximate surface area is 209 Å². The number of aliphatic hydroxyl groups is 5. The summed E-state index contributed by atoms with van der Waals surface area (Å²) in [6.45, 7) is -0.571. The van der Waals surface area contributed by atoms with Crippen molar-refractivity contribution in [2.75, 3.05) is 13.7 Å². The first-order chi connectivity index (χ1) is 17.2. The predicted molar refractivity (Wildman–Crippen MR) is 129 cm³/mol. The summed E-state index contributed by atoms with van der Waals surface area (Å²) in [5.74, 6) is 0.506. The van der Waals surface area contributed by atoms with E-state index in [4.69, 9.17) is 14.2 Å². The van der Waals surface area contributed by atoms with Crippen molar-refractivity contribution in [3.63, 3.8) is 0 Å². The van der Waals surface area contributed by atoms with Crippen molar-refractivity contribution in [3.05, 3.63) is 53.6 Å². The second kappa shape index (κ2) is 13.2. The summed E-state index contributed by atoms with van der Waals surface area (Å²) in [7, 11) is 1.45. The molecule has 0 spiro atoms. The number of benzene rings is 2. The van der Waals surface area contributed by atoms with E-state index in [1.54, 1.807) is 36.4 Å². The molecule has 1 aliphatic rings. The summed E-state index contributed by atoms with van der Waals surface area (Å²) in [5.41, 5.74) is 1.81. The van der Waals surface area contributed by atoms with Crippen LogP contribution in [0.3, 0.4) is 0 Å². The summed E-state index contributed by atoms with van der Waals surface area (Å²) in [5, 5.41) is 70.0. The molecule has 10 nitrogen and oxygen atoms in total. The smallest absolute Gasteiger partial charge is 0.186 e. The lowest BCUT2D eigenvalue weighted by Gasteiger charge is -2.41. The fraction of sp³-hybridized carbons (Fsp3) is 0.538. The van der Waals surface area contributed by atoms with Gasteiger partial charge in [-0.25, -0.2) is 0 Å². The molecule has 2 aromatic carbocycles. The van der Waals surface area contributed by atoms with Crippen LogP contribution in [0.4, 0.5) is 0 Å². The summed E-state index contributed by atoms with van der Waals surface area (Å²) >= 11 is 0. The monoisotopic (exact) mass is 508 g/mol.